The van der Waals surface area contributed by atoms with Gasteiger partial charge in [-0.3, -0.25) is 4.79 Å². The Morgan fingerprint density at radius 3 is 2.03 bits per heavy atom. The number of hydrogen-bond acceptors (Lipinski definition) is 3. The third-order valence-electron chi connectivity index (χ3n) is 4.70. The first kappa shape index (κ1) is 18.7. The smallest absolute Gasteiger partial charge is 0.317 e. The van der Waals surface area contributed by atoms with Gasteiger partial charge < -0.3 is 10.4 Å². The zero-order valence-electron chi connectivity index (χ0n) is 15.8. The van der Waals surface area contributed by atoms with Crippen molar-refractivity contribution in [3.8, 4) is 28.1 Å². The fourth-order valence-corrected chi connectivity index (χ4v) is 3.34. The average molecular weight is 383 g/mol. The van der Waals surface area contributed by atoms with E-state index in [1.807, 2.05) is 53.2 Å². The predicted octanol–water partition coefficient (Wildman–Crippen LogP) is 4.38. The first-order valence-corrected chi connectivity index (χ1v) is 9.43. The van der Waals surface area contributed by atoms with Gasteiger partial charge in [0.15, 0.2) is 0 Å². The van der Waals surface area contributed by atoms with E-state index in [9.17, 15) is 4.79 Å². The molecule has 0 saturated carbocycles. The number of nitrogens with zero attached hydrogens (tertiary/aromatic N) is 2. The summed E-state index contributed by atoms with van der Waals surface area (Å²) in [5, 5.41) is 16.4. The number of aromatic nitrogens is 2. The lowest BCUT2D eigenvalue weighted by Gasteiger charge is -2.11. The summed E-state index contributed by atoms with van der Waals surface area (Å²) >= 11 is 0. The summed E-state index contributed by atoms with van der Waals surface area (Å²) in [4.78, 5) is 10.8. The van der Waals surface area contributed by atoms with Crippen LogP contribution in [0.1, 0.15) is 5.56 Å². The van der Waals surface area contributed by atoms with Gasteiger partial charge in [-0.1, -0.05) is 72.8 Å². The van der Waals surface area contributed by atoms with Crippen LogP contribution < -0.4 is 5.32 Å². The number of carboxylic acid groups (broad SMARTS) is 1. The maximum Gasteiger partial charge on any atom is 0.317 e. The Kier molecular flexibility index (Phi) is 5.49. The lowest BCUT2D eigenvalue weighted by molar-refractivity contribution is -0.135. The van der Waals surface area contributed by atoms with Crippen molar-refractivity contribution in [3.63, 3.8) is 0 Å². The molecule has 0 aliphatic heterocycles. The SMILES string of the molecule is O=C(O)CNCc1cnn(-c2ccc(-c3ccccc3)cc2)c1-c1ccccc1. The molecule has 5 nitrogen and oxygen atoms in total. The van der Waals surface area contributed by atoms with E-state index in [-0.39, 0.29) is 6.54 Å². The van der Waals surface area contributed by atoms with Crippen molar-refractivity contribution in [2.75, 3.05) is 6.54 Å². The molecule has 3 aromatic carbocycles. The molecule has 0 radical (unpaired) electrons. The lowest BCUT2D eigenvalue weighted by Crippen LogP contribution is -2.22. The van der Waals surface area contributed by atoms with Crippen LogP contribution in [0.2, 0.25) is 0 Å². The maximum absolute atomic E-state index is 10.8. The molecule has 0 amide bonds. The second kappa shape index (κ2) is 8.54. The predicted molar refractivity (Wildman–Crippen MR) is 114 cm³/mol. The minimum atomic E-state index is -0.879. The molecule has 29 heavy (non-hydrogen) atoms. The zero-order valence-corrected chi connectivity index (χ0v) is 15.8. The topological polar surface area (TPSA) is 67.2 Å². The summed E-state index contributed by atoms with van der Waals surface area (Å²) in [5.74, 6) is -0.879. The first-order chi connectivity index (χ1) is 14.2. The summed E-state index contributed by atoms with van der Waals surface area (Å²) in [6.07, 6.45) is 1.79. The van der Waals surface area contributed by atoms with Crippen LogP contribution in [0.5, 0.6) is 0 Å². The third kappa shape index (κ3) is 4.25. The highest BCUT2D eigenvalue weighted by molar-refractivity contribution is 5.70. The molecule has 0 aliphatic rings. The van der Waals surface area contributed by atoms with Crippen LogP contribution in [0.25, 0.3) is 28.1 Å². The van der Waals surface area contributed by atoms with Gasteiger partial charge in [0, 0.05) is 17.7 Å². The number of carboxylic acids is 1. The van der Waals surface area contributed by atoms with E-state index in [1.54, 1.807) is 6.20 Å². The number of hydrogen-bond donors (Lipinski definition) is 2. The molecular formula is C24H21N3O2. The lowest BCUT2D eigenvalue weighted by atomic mass is 10.0. The summed E-state index contributed by atoms with van der Waals surface area (Å²) < 4.78 is 1.90. The van der Waals surface area contributed by atoms with Gasteiger partial charge in [0.2, 0.25) is 0 Å². The van der Waals surface area contributed by atoms with Gasteiger partial charge in [-0.25, -0.2) is 4.68 Å². The number of benzene rings is 3. The van der Waals surface area contributed by atoms with Gasteiger partial charge in [-0.2, -0.15) is 5.10 Å². The highest BCUT2D eigenvalue weighted by Crippen LogP contribution is 2.28. The fourth-order valence-electron chi connectivity index (χ4n) is 3.34. The van der Waals surface area contributed by atoms with Crippen LogP contribution in [0, 0.1) is 0 Å². The maximum atomic E-state index is 10.8. The number of nitrogens with one attached hydrogen (secondary N) is 1. The Labute approximate surface area is 169 Å². The molecule has 1 aromatic heterocycles. The van der Waals surface area contributed by atoms with Gasteiger partial charge in [-0.15, -0.1) is 0 Å². The van der Waals surface area contributed by atoms with E-state index in [4.69, 9.17) is 5.11 Å². The molecule has 0 bridgehead atoms. The van der Waals surface area contributed by atoms with E-state index < -0.39 is 5.97 Å². The fraction of sp³-hybridized carbons (Fsp3) is 0.0833. The Bertz CT molecular complexity index is 1090. The highest BCUT2D eigenvalue weighted by Gasteiger charge is 2.14. The Morgan fingerprint density at radius 1 is 0.828 bits per heavy atom. The summed E-state index contributed by atoms with van der Waals surface area (Å²) in [5.41, 5.74) is 6.20. The summed E-state index contributed by atoms with van der Waals surface area (Å²) in [6, 6.07) is 28.5. The molecule has 4 rings (SSSR count). The van der Waals surface area contributed by atoms with Gasteiger partial charge in [-0.05, 0) is 23.3 Å². The van der Waals surface area contributed by atoms with Gasteiger partial charge >= 0.3 is 5.97 Å². The summed E-state index contributed by atoms with van der Waals surface area (Å²) in [6.45, 7) is 0.337. The second-order valence-electron chi connectivity index (χ2n) is 6.71. The molecule has 0 fully saturated rings. The van der Waals surface area contributed by atoms with Gasteiger partial charge in [0.1, 0.15) is 0 Å². The zero-order chi connectivity index (χ0) is 20.1. The van der Waals surface area contributed by atoms with Crippen molar-refractivity contribution in [1.29, 1.82) is 0 Å². The molecule has 5 heteroatoms. The Balaban J connectivity index is 1.70. The minimum Gasteiger partial charge on any atom is -0.480 e. The van der Waals surface area contributed by atoms with Crippen molar-refractivity contribution in [3.05, 3.63) is 96.7 Å². The first-order valence-electron chi connectivity index (χ1n) is 9.43. The number of carbonyl (C=O) groups is 1. The quantitative estimate of drug-likeness (QED) is 0.497. The molecular weight excluding hydrogens is 362 g/mol. The van der Waals surface area contributed by atoms with Crippen LogP contribution in [-0.2, 0) is 11.3 Å². The molecule has 4 aromatic rings. The van der Waals surface area contributed by atoms with E-state index in [0.29, 0.717) is 6.54 Å². The van der Waals surface area contributed by atoms with Crippen LogP contribution in [0.3, 0.4) is 0 Å². The Hall–Kier alpha value is -3.70. The van der Waals surface area contributed by atoms with Crippen LogP contribution in [0.15, 0.2) is 91.1 Å². The van der Waals surface area contributed by atoms with Crippen molar-refractivity contribution in [1.82, 2.24) is 15.1 Å². The average Bonchev–Trinajstić information content (AvgIpc) is 3.19. The molecule has 0 aliphatic carbocycles. The largest absolute Gasteiger partial charge is 0.480 e. The van der Waals surface area contributed by atoms with Crippen LogP contribution in [0.4, 0.5) is 0 Å². The van der Waals surface area contributed by atoms with Crippen LogP contribution >= 0.6 is 0 Å². The summed E-state index contributed by atoms with van der Waals surface area (Å²) in [7, 11) is 0. The van der Waals surface area contributed by atoms with E-state index in [0.717, 1.165) is 28.1 Å². The molecule has 2 N–H and O–H groups in total. The number of rotatable bonds is 7. The molecule has 0 saturated heterocycles. The van der Waals surface area contributed by atoms with Crippen LogP contribution in [-0.4, -0.2) is 27.4 Å². The van der Waals surface area contributed by atoms with Gasteiger partial charge in [0.05, 0.1) is 24.1 Å². The van der Waals surface area contributed by atoms with E-state index >= 15 is 0 Å². The molecule has 0 unspecified atom stereocenters. The molecule has 1 heterocycles. The highest BCUT2D eigenvalue weighted by atomic mass is 16.4. The molecule has 144 valence electrons. The van der Waals surface area contributed by atoms with Gasteiger partial charge in [0.25, 0.3) is 0 Å². The monoisotopic (exact) mass is 383 g/mol. The van der Waals surface area contributed by atoms with Crippen molar-refractivity contribution in [2.45, 2.75) is 6.54 Å². The van der Waals surface area contributed by atoms with E-state index in [1.165, 1.54) is 5.56 Å². The molecule has 0 atom stereocenters. The number of aliphatic carboxylic acids is 1. The third-order valence-corrected chi connectivity index (χ3v) is 4.70. The minimum absolute atomic E-state index is 0.0921. The van der Waals surface area contributed by atoms with Crippen molar-refractivity contribution < 1.29 is 9.90 Å². The van der Waals surface area contributed by atoms with E-state index in [2.05, 4.69) is 46.8 Å². The normalized spacial score (nSPS) is 10.8. The van der Waals surface area contributed by atoms with Crippen molar-refractivity contribution >= 4 is 5.97 Å². The standard InChI is InChI=1S/C24H21N3O2/c28-23(29)17-25-15-21-16-26-27(24(21)20-9-5-2-6-10-20)22-13-11-19(12-14-22)18-7-3-1-4-8-18/h1-14,16,25H,15,17H2,(H,28,29). The van der Waals surface area contributed by atoms with Crippen molar-refractivity contribution in [2.24, 2.45) is 0 Å². The Morgan fingerprint density at radius 2 is 1.41 bits per heavy atom. The second-order valence-corrected chi connectivity index (χ2v) is 6.71. The molecule has 0 spiro atoms.